The number of nitrogens with two attached hydrogens (primary N) is 1. The van der Waals surface area contributed by atoms with E-state index in [-0.39, 0.29) is 75.3 Å². The molecule has 0 heterocycles. The van der Waals surface area contributed by atoms with E-state index in [1.54, 1.807) is 48.5 Å². The van der Waals surface area contributed by atoms with E-state index < -0.39 is 155 Å². The van der Waals surface area contributed by atoms with Crippen molar-refractivity contribution in [2.24, 2.45) is 5.73 Å². The highest BCUT2D eigenvalue weighted by atomic mass is 32.1. The Morgan fingerprint density at radius 3 is 1.05 bits per heavy atom. The molecule has 36 heteroatoms. The van der Waals surface area contributed by atoms with Crippen LogP contribution < -0.4 is 32.3 Å². The normalized spacial score (nSPS) is 12.2. The van der Waals surface area contributed by atoms with Crippen molar-refractivity contribution in [3.05, 3.63) is 59.7 Å². The molecule has 3 atom stereocenters. The minimum Gasteiger partial charge on any atom is -0.480 e. The first-order valence-corrected chi connectivity index (χ1v) is 27.6. The van der Waals surface area contributed by atoms with E-state index in [9.17, 15) is 109 Å². The minimum atomic E-state index is -1.37. The van der Waals surface area contributed by atoms with Crippen molar-refractivity contribution < 1.29 is 109 Å². The molecular formula is C52H74N12O22S2. The molecule has 0 saturated heterocycles. The summed E-state index contributed by atoms with van der Waals surface area (Å²) in [5.41, 5.74) is 7.63. The van der Waals surface area contributed by atoms with Crippen molar-refractivity contribution in [3.8, 4) is 0 Å². The lowest BCUT2D eigenvalue weighted by Crippen LogP contribution is -2.51. The second kappa shape index (κ2) is 39.8. The molecule has 2 aromatic carbocycles. The second-order valence-electron chi connectivity index (χ2n) is 20.0. The first-order valence-electron chi connectivity index (χ1n) is 26.8. The molecule has 0 aromatic heterocycles. The fourth-order valence-corrected chi connectivity index (χ4v) is 9.27. The second-order valence-corrected chi connectivity index (χ2v) is 20.8. The summed E-state index contributed by atoms with van der Waals surface area (Å²) in [4.78, 5) is 149. The quantitative estimate of drug-likeness (QED) is 0.0227. The number of hydrogen-bond acceptors (Lipinski definition) is 20. The number of carbonyl (C=O) groups excluding carboxylic acids is 2. The van der Waals surface area contributed by atoms with E-state index in [1.807, 2.05) is 0 Å². The third kappa shape index (κ3) is 34.4. The molecule has 0 aliphatic carbocycles. The Balaban J connectivity index is 2.01. The zero-order valence-corrected chi connectivity index (χ0v) is 49.2. The molecule has 2 aromatic rings. The topological polar surface area (TPSA) is 513 Å². The van der Waals surface area contributed by atoms with Crippen LogP contribution >= 0.6 is 24.4 Å². The van der Waals surface area contributed by atoms with Gasteiger partial charge in [-0.3, -0.25) is 86.9 Å². The van der Waals surface area contributed by atoms with Gasteiger partial charge in [0.15, 0.2) is 10.2 Å². The summed E-state index contributed by atoms with van der Waals surface area (Å²) in [5.74, 6) is -14.8. The van der Waals surface area contributed by atoms with Gasteiger partial charge in [-0.15, -0.1) is 0 Å². The standard InChI is InChI=1S/C52H74N12O22S2/c53-50(86)38(3-1-2-12-54-51(87)56-34-8-4-32(5-9-34)17-36(63(28-46(78)79)29-47(80)81)20-59(22-40(66)67)13-15-61(24-42(70)71)25-43(72)73)58-39(65)19-55-52(88)57-35-10-6-33(7-11-35)18-37(64(30-48(82)83)31-49(84)85)21-60(23-41(68)69)14-16-62(26-44(74)75)27-45(76)77/h4-11,36-38H,1-3,12-31H2,(H2,53,86)(H,58,65)(H,66,67)(H,68,69)(H,70,71)(H,72,73)(H,74,75)(H,76,77)(H,78,79)(H,80,81)(H,82,83)(H,84,85)(H2,54,56,87)(H2,55,57,88)/t36-,37-,38?/m0/s1. The number of primary amides is 1. The monoisotopic (exact) mass is 1280 g/mol. The summed E-state index contributed by atoms with van der Waals surface area (Å²) in [7, 11) is 0. The van der Waals surface area contributed by atoms with E-state index in [0.29, 0.717) is 41.9 Å². The number of amides is 2. The summed E-state index contributed by atoms with van der Waals surface area (Å²) in [6.07, 6.45) is 1.03. The van der Waals surface area contributed by atoms with Gasteiger partial charge in [0.05, 0.1) is 72.0 Å². The summed E-state index contributed by atoms with van der Waals surface area (Å²) in [6, 6.07) is 10.0. The van der Waals surface area contributed by atoms with Crippen molar-refractivity contribution in [1.29, 1.82) is 0 Å². The Morgan fingerprint density at radius 1 is 0.420 bits per heavy atom. The molecule has 0 saturated carbocycles. The average molecular weight is 1280 g/mol. The van der Waals surface area contributed by atoms with Crippen LogP contribution in [0.25, 0.3) is 0 Å². The molecule has 0 bridgehead atoms. The molecule has 2 amide bonds. The fraction of sp³-hybridized carbons (Fsp3) is 0.500. The number of nitrogens with zero attached hydrogens (tertiary/aromatic N) is 6. The van der Waals surface area contributed by atoms with Crippen molar-refractivity contribution in [3.63, 3.8) is 0 Å². The molecule has 486 valence electrons. The lowest BCUT2D eigenvalue weighted by molar-refractivity contribution is -0.145. The van der Waals surface area contributed by atoms with Gasteiger partial charge in [0, 0.05) is 69.3 Å². The van der Waals surface area contributed by atoms with Gasteiger partial charge in [-0.2, -0.15) is 0 Å². The number of rotatable bonds is 47. The Morgan fingerprint density at radius 2 is 0.727 bits per heavy atom. The minimum absolute atomic E-state index is 0.00942. The van der Waals surface area contributed by atoms with E-state index >= 15 is 0 Å². The molecule has 17 N–H and O–H groups in total. The number of carboxylic acids is 10. The van der Waals surface area contributed by atoms with Crippen LogP contribution in [-0.4, -0.2) is 298 Å². The van der Waals surface area contributed by atoms with Crippen LogP contribution in [0.4, 0.5) is 11.4 Å². The third-order valence-electron chi connectivity index (χ3n) is 12.6. The predicted octanol–water partition coefficient (Wildman–Crippen LogP) is -3.42. The van der Waals surface area contributed by atoms with Gasteiger partial charge in [-0.1, -0.05) is 24.3 Å². The van der Waals surface area contributed by atoms with Gasteiger partial charge in [0.1, 0.15) is 6.04 Å². The molecule has 0 fully saturated rings. The predicted molar refractivity (Wildman–Crippen MR) is 317 cm³/mol. The SMILES string of the molecule is NC(=O)C(CCCCNC(=S)Nc1ccc(C[C@@H](CN(CCN(CC(=O)O)CC(=O)O)CC(=O)O)N(CC(=O)O)CC(=O)O)cc1)NC(=O)CNC(=S)Nc1ccc(C[C@@H](CN(CCN(CC(=O)O)CC(=O)O)CC(=O)O)N(CC(=O)O)CC(=O)O)cc1. The molecular weight excluding hydrogens is 1210 g/mol. The zero-order valence-electron chi connectivity index (χ0n) is 47.6. The largest absolute Gasteiger partial charge is 0.480 e. The van der Waals surface area contributed by atoms with Crippen molar-refractivity contribution in [2.45, 2.75) is 50.2 Å². The number of hydrogen-bond donors (Lipinski definition) is 16. The first-order chi connectivity index (χ1) is 41.3. The first kappa shape index (κ1) is 75.3. The van der Waals surface area contributed by atoms with Gasteiger partial charge >= 0.3 is 59.7 Å². The summed E-state index contributed by atoms with van der Waals surface area (Å²) < 4.78 is 0. The Labute approximate surface area is 513 Å². The molecule has 34 nitrogen and oxygen atoms in total. The highest BCUT2D eigenvalue weighted by Crippen LogP contribution is 2.18. The Hall–Kier alpha value is -8.78. The summed E-state index contributed by atoms with van der Waals surface area (Å²) >= 11 is 10.8. The van der Waals surface area contributed by atoms with E-state index in [2.05, 4.69) is 26.6 Å². The molecule has 0 spiro atoms. The van der Waals surface area contributed by atoms with E-state index in [4.69, 9.17) is 30.2 Å². The Bertz CT molecular complexity index is 2680. The molecule has 0 aliphatic heterocycles. The van der Waals surface area contributed by atoms with Gasteiger partial charge in [-0.25, -0.2) is 0 Å². The number of carboxylic acid groups (broad SMARTS) is 10. The third-order valence-corrected chi connectivity index (χ3v) is 13.1. The molecule has 0 aliphatic rings. The molecule has 1 unspecified atom stereocenters. The number of aliphatic carboxylic acids is 10. The van der Waals surface area contributed by atoms with Gasteiger partial charge in [0.25, 0.3) is 0 Å². The maximum absolute atomic E-state index is 12.9. The number of carbonyl (C=O) groups is 12. The lowest BCUT2D eigenvalue weighted by Gasteiger charge is -2.34. The Kier molecular flexibility index (Phi) is 34.1. The smallest absolute Gasteiger partial charge is 0.317 e. The number of thiocarbonyl (C=S) groups is 2. The maximum Gasteiger partial charge on any atom is 0.317 e. The van der Waals surface area contributed by atoms with Crippen LogP contribution in [0, 0.1) is 0 Å². The van der Waals surface area contributed by atoms with E-state index in [1.165, 1.54) is 9.80 Å². The van der Waals surface area contributed by atoms with Crippen molar-refractivity contribution >= 4 is 118 Å². The van der Waals surface area contributed by atoms with Crippen LogP contribution in [0.1, 0.15) is 30.4 Å². The molecule has 88 heavy (non-hydrogen) atoms. The van der Waals surface area contributed by atoms with Gasteiger partial charge in [-0.05, 0) is 91.9 Å². The fourth-order valence-electron chi connectivity index (χ4n) is 8.86. The van der Waals surface area contributed by atoms with Crippen molar-refractivity contribution in [1.82, 2.24) is 45.3 Å². The summed E-state index contributed by atoms with van der Waals surface area (Å²) in [5, 5.41) is 109. The van der Waals surface area contributed by atoms with Gasteiger partial charge in [0.2, 0.25) is 11.8 Å². The number of unbranched alkanes of at least 4 members (excludes halogenated alkanes) is 1. The van der Waals surface area contributed by atoms with Crippen LogP contribution in [0.15, 0.2) is 48.5 Å². The number of anilines is 2. The van der Waals surface area contributed by atoms with Gasteiger partial charge < -0.3 is 83.4 Å². The highest BCUT2D eigenvalue weighted by molar-refractivity contribution is 7.80. The van der Waals surface area contributed by atoms with Crippen LogP contribution in [-0.2, 0) is 70.4 Å². The highest BCUT2D eigenvalue weighted by Gasteiger charge is 2.30. The number of nitrogens with one attached hydrogen (secondary N) is 5. The molecule has 2 rings (SSSR count). The van der Waals surface area contributed by atoms with Crippen LogP contribution in [0.5, 0.6) is 0 Å². The number of benzene rings is 2. The van der Waals surface area contributed by atoms with Crippen molar-refractivity contribution in [2.75, 3.05) is 128 Å². The summed E-state index contributed by atoms with van der Waals surface area (Å²) in [6.45, 7) is -8.07. The zero-order chi connectivity index (χ0) is 66.0. The van der Waals surface area contributed by atoms with Crippen LogP contribution in [0.2, 0.25) is 0 Å². The average Bonchev–Trinajstić information content (AvgIpc) is 3.61. The van der Waals surface area contributed by atoms with E-state index in [0.717, 1.165) is 19.6 Å². The van der Waals surface area contributed by atoms with Crippen LogP contribution in [0.3, 0.4) is 0 Å². The maximum atomic E-state index is 12.9. The molecule has 0 radical (unpaired) electrons. The lowest BCUT2D eigenvalue weighted by atomic mass is 10.0.